The van der Waals surface area contributed by atoms with Crippen LogP contribution in [0.1, 0.15) is 10.4 Å². The number of ether oxygens (including phenoxy) is 1. The summed E-state index contributed by atoms with van der Waals surface area (Å²) in [6, 6.07) is 20.2. The molecule has 0 saturated heterocycles. The number of benzene rings is 2. The van der Waals surface area contributed by atoms with Gasteiger partial charge in [-0.25, -0.2) is 4.98 Å². The second kappa shape index (κ2) is 8.26. The molecule has 0 radical (unpaired) electrons. The van der Waals surface area contributed by atoms with Gasteiger partial charge in [-0.1, -0.05) is 36.4 Å². The van der Waals surface area contributed by atoms with Crippen LogP contribution < -0.4 is 9.64 Å². The molecule has 0 saturated carbocycles. The Labute approximate surface area is 167 Å². The van der Waals surface area contributed by atoms with Gasteiger partial charge in [0.2, 0.25) is 5.88 Å². The lowest BCUT2D eigenvalue weighted by atomic mass is 10.1. The fourth-order valence-corrected chi connectivity index (χ4v) is 2.72. The summed E-state index contributed by atoms with van der Waals surface area (Å²) in [5, 5.41) is 8.43. The van der Waals surface area contributed by atoms with Gasteiger partial charge in [-0.15, -0.1) is 10.2 Å². The number of amides is 1. The Balaban J connectivity index is 1.51. The third-order valence-corrected chi connectivity index (χ3v) is 4.21. The molecule has 0 aliphatic carbocycles. The maximum absolute atomic E-state index is 12.9. The molecule has 29 heavy (non-hydrogen) atoms. The van der Waals surface area contributed by atoms with Gasteiger partial charge in [0.05, 0.1) is 11.9 Å². The van der Waals surface area contributed by atoms with Crippen molar-refractivity contribution < 1.29 is 9.53 Å². The van der Waals surface area contributed by atoms with E-state index in [9.17, 15) is 4.79 Å². The quantitative estimate of drug-likeness (QED) is 0.518. The van der Waals surface area contributed by atoms with E-state index in [-0.39, 0.29) is 5.91 Å². The van der Waals surface area contributed by atoms with Crippen molar-refractivity contribution in [3.05, 3.63) is 90.9 Å². The Morgan fingerprint density at radius 3 is 2.52 bits per heavy atom. The first kappa shape index (κ1) is 18.2. The van der Waals surface area contributed by atoms with Crippen LogP contribution in [0.3, 0.4) is 0 Å². The van der Waals surface area contributed by atoms with Crippen molar-refractivity contribution >= 4 is 11.7 Å². The minimum atomic E-state index is -0.226. The molecule has 0 unspecified atom stereocenters. The summed E-state index contributed by atoms with van der Waals surface area (Å²) in [6.45, 7) is 0. The number of hydrogen-bond donors (Lipinski definition) is 0. The number of rotatable bonds is 5. The number of nitrogens with zero attached hydrogens (tertiary/aromatic N) is 5. The van der Waals surface area contributed by atoms with E-state index < -0.39 is 0 Å². The number of anilines is 1. The van der Waals surface area contributed by atoms with Gasteiger partial charge in [-0.05, 0) is 30.3 Å². The van der Waals surface area contributed by atoms with Crippen LogP contribution in [0.5, 0.6) is 11.6 Å². The number of carbonyl (C=O) groups is 1. The molecule has 142 valence electrons. The lowest BCUT2D eigenvalue weighted by Crippen LogP contribution is -2.27. The predicted octanol–water partition coefficient (Wildman–Crippen LogP) is 4.00. The van der Waals surface area contributed by atoms with Crippen LogP contribution in [0, 0.1) is 0 Å². The zero-order chi connectivity index (χ0) is 20.1. The fraction of sp³-hybridized carbons (Fsp3) is 0.0455. The molecule has 0 N–H and O–H groups in total. The molecule has 0 aliphatic rings. The van der Waals surface area contributed by atoms with Crippen molar-refractivity contribution in [3.63, 3.8) is 0 Å². The SMILES string of the molecule is CN(C(=O)c1cccc(Oc2cnccn2)c1)c1ccc(-c2ccccc2)nn1. The first-order valence-electron chi connectivity index (χ1n) is 8.92. The summed E-state index contributed by atoms with van der Waals surface area (Å²) >= 11 is 0. The van der Waals surface area contributed by atoms with E-state index in [0.29, 0.717) is 23.0 Å². The summed E-state index contributed by atoms with van der Waals surface area (Å²) in [5.74, 6) is 1.08. The van der Waals surface area contributed by atoms with E-state index >= 15 is 0 Å². The van der Waals surface area contributed by atoms with Gasteiger partial charge in [-0.3, -0.25) is 14.7 Å². The molecule has 0 atom stereocenters. The van der Waals surface area contributed by atoms with Crippen molar-refractivity contribution in [1.82, 2.24) is 20.2 Å². The van der Waals surface area contributed by atoms with E-state index in [1.54, 1.807) is 43.6 Å². The van der Waals surface area contributed by atoms with Crippen LogP contribution in [0.15, 0.2) is 85.3 Å². The molecule has 4 rings (SSSR count). The monoisotopic (exact) mass is 383 g/mol. The topological polar surface area (TPSA) is 81.1 Å². The molecule has 2 heterocycles. The summed E-state index contributed by atoms with van der Waals surface area (Å²) < 4.78 is 5.65. The van der Waals surface area contributed by atoms with E-state index in [4.69, 9.17) is 4.74 Å². The molecule has 2 aromatic heterocycles. The van der Waals surface area contributed by atoms with Gasteiger partial charge in [-0.2, -0.15) is 0 Å². The number of hydrogen-bond acceptors (Lipinski definition) is 6. The molecule has 0 fully saturated rings. The standard InChI is InChI=1S/C22H17N5O2/c1-27(20-11-10-19(25-26-20)16-6-3-2-4-7-16)22(28)17-8-5-9-18(14-17)29-21-15-23-12-13-24-21/h2-15H,1H3. The molecule has 0 bridgehead atoms. The van der Waals surface area contributed by atoms with Crippen molar-refractivity contribution in [1.29, 1.82) is 0 Å². The van der Waals surface area contributed by atoms with Crippen molar-refractivity contribution in [2.45, 2.75) is 0 Å². The average Bonchev–Trinajstić information content (AvgIpc) is 2.80. The highest BCUT2D eigenvalue weighted by molar-refractivity contribution is 6.05. The Hall–Kier alpha value is -4.13. The first-order chi connectivity index (χ1) is 14.2. The molecular formula is C22H17N5O2. The molecule has 1 amide bonds. The van der Waals surface area contributed by atoms with Crippen LogP contribution in [-0.4, -0.2) is 33.1 Å². The summed E-state index contributed by atoms with van der Waals surface area (Å²) in [6.07, 6.45) is 4.60. The third kappa shape index (κ3) is 4.24. The lowest BCUT2D eigenvalue weighted by molar-refractivity contribution is 0.0992. The number of carbonyl (C=O) groups excluding carboxylic acids is 1. The molecular weight excluding hydrogens is 366 g/mol. The van der Waals surface area contributed by atoms with Crippen LogP contribution in [-0.2, 0) is 0 Å². The Kier molecular flexibility index (Phi) is 5.20. The highest BCUT2D eigenvalue weighted by Crippen LogP contribution is 2.22. The molecule has 7 heteroatoms. The highest BCUT2D eigenvalue weighted by Gasteiger charge is 2.16. The third-order valence-electron chi connectivity index (χ3n) is 4.21. The fourth-order valence-electron chi connectivity index (χ4n) is 2.72. The second-order valence-corrected chi connectivity index (χ2v) is 6.18. The zero-order valence-corrected chi connectivity index (χ0v) is 15.6. The molecule has 0 spiro atoms. The highest BCUT2D eigenvalue weighted by atomic mass is 16.5. The van der Waals surface area contributed by atoms with Gasteiger partial charge in [0.15, 0.2) is 5.82 Å². The minimum absolute atomic E-state index is 0.226. The van der Waals surface area contributed by atoms with Crippen molar-refractivity contribution in [2.24, 2.45) is 0 Å². The summed E-state index contributed by atoms with van der Waals surface area (Å²) in [5.41, 5.74) is 2.17. The van der Waals surface area contributed by atoms with Crippen LogP contribution in [0.25, 0.3) is 11.3 Å². The van der Waals surface area contributed by atoms with Crippen LogP contribution >= 0.6 is 0 Å². The Morgan fingerprint density at radius 2 is 1.79 bits per heavy atom. The molecule has 7 nitrogen and oxygen atoms in total. The van der Waals surface area contributed by atoms with E-state index in [0.717, 1.165) is 11.3 Å². The molecule has 0 aliphatic heterocycles. The zero-order valence-electron chi connectivity index (χ0n) is 15.6. The smallest absolute Gasteiger partial charge is 0.259 e. The largest absolute Gasteiger partial charge is 0.437 e. The van der Waals surface area contributed by atoms with E-state index in [1.165, 1.54) is 17.3 Å². The van der Waals surface area contributed by atoms with Gasteiger partial charge >= 0.3 is 0 Å². The predicted molar refractivity (Wildman–Crippen MR) is 109 cm³/mol. The summed E-state index contributed by atoms with van der Waals surface area (Å²) in [4.78, 5) is 22.4. The van der Waals surface area contributed by atoms with Gasteiger partial charge in [0, 0.05) is 30.6 Å². The summed E-state index contributed by atoms with van der Waals surface area (Å²) in [7, 11) is 1.66. The van der Waals surface area contributed by atoms with Gasteiger partial charge in [0.25, 0.3) is 5.91 Å². The maximum Gasteiger partial charge on any atom is 0.259 e. The Morgan fingerprint density at radius 1 is 0.931 bits per heavy atom. The van der Waals surface area contributed by atoms with E-state index in [2.05, 4.69) is 20.2 Å². The second-order valence-electron chi connectivity index (χ2n) is 6.18. The normalized spacial score (nSPS) is 10.4. The van der Waals surface area contributed by atoms with Crippen LogP contribution in [0.2, 0.25) is 0 Å². The molecule has 4 aromatic rings. The molecule has 2 aromatic carbocycles. The van der Waals surface area contributed by atoms with Crippen LogP contribution in [0.4, 0.5) is 5.82 Å². The first-order valence-corrected chi connectivity index (χ1v) is 8.92. The lowest BCUT2D eigenvalue weighted by Gasteiger charge is -2.16. The Bertz CT molecular complexity index is 1100. The van der Waals surface area contributed by atoms with Crippen molar-refractivity contribution in [3.8, 4) is 22.9 Å². The van der Waals surface area contributed by atoms with Gasteiger partial charge in [0.1, 0.15) is 5.75 Å². The maximum atomic E-state index is 12.9. The minimum Gasteiger partial charge on any atom is -0.437 e. The van der Waals surface area contributed by atoms with Gasteiger partial charge < -0.3 is 4.74 Å². The van der Waals surface area contributed by atoms with Crippen molar-refractivity contribution in [2.75, 3.05) is 11.9 Å². The van der Waals surface area contributed by atoms with E-state index in [1.807, 2.05) is 36.4 Å². The average molecular weight is 383 g/mol. The number of aromatic nitrogens is 4.